The van der Waals surface area contributed by atoms with Crippen LogP contribution in [0.5, 0.6) is 5.75 Å². The number of methoxy groups -OCH3 is 1. The molecule has 0 saturated carbocycles. The van der Waals surface area contributed by atoms with Crippen molar-refractivity contribution >= 4 is 29.2 Å². The Morgan fingerprint density at radius 2 is 1.72 bits per heavy atom. The Labute approximate surface area is 210 Å². The summed E-state index contributed by atoms with van der Waals surface area (Å²) in [6, 6.07) is 18.4. The maximum absolute atomic E-state index is 13.2. The van der Waals surface area contributed by atoms with E-state index in [4.69, 9.17) is 4.74 Å². The number of hydrogen-bond donors (Lipinski definition) is 3. The van der Waals surface area contributed by atoms with Crippen LogP contribution >= 0.6 is 0 Å². The number of ether oxygens (including phenoxy) is 1. The van der Waals surface area contributed by atoms with Gasteiger partial charge in [0.15, 0.2) is 5.78 Å². The molecular formula is C29H30N2O5. The number of benzene rings is 3. The van der Waals surface area contributed by atoms with Crippen molar-refractivity contribution in [1.82, 2.24) is 0 Å². The van der Waals surface area contributed by atoms with Gasteiger partial charge in [0.2, 0.25) is 0 Å². The number of carboxylic acid groups (broad SMARTS) is 1. The third kappa shape index (κ3) is 5.10. The molecule has 2 amide bonds. The van der Waals surface area contributed by atoms with E-state index < -0.39 is 11.4 Å². The van der Waals surface area contributed by atoms with E-state index in [1.54, 1.807) is 13.2 Å². The van der Waals surface area contributed by atoms with Gasteiger partial charge in [-0.2, -0.15) is 0 Å². The zero-order valence-corrected chi connectivity index (χ0v) is 20.7. The van der Waals surface area contributed by atoms with E-state index in [2.05, 4.69) is 10.6 Å². The molecule has 36 heavy (non-hydrogen) atoms. The quantitative estimate of drug-likeness (QED) is 0.363. The summed E-state index contributed by atoms with van der Waals surface area (Å²) in [6.07, 6.45) is 1.58. The lowest BCUT2D eigenvalue weighted by Crippen LogP contribution is -2.37. The molecular weight excluding hydrogens is 456 g/mol. The Balaban J connectivity index is 1.47. The van der Waals surface area contributed by atoms with Gasteiger partial charge in [0.25, 0.3) is 0 Å². The number of carboxylic acids is 1. The normalized spacial score (nSPS) is 16.7. The minimum absolute atomic E-state index is 0.0731. The lowest BCUT2D eigenvalue weighted by Gasteiger charge is -2.35. The Morgan fingerprint density at radius 3 is 2.39 bits per heavy atom. The van der Waals surface area contributed by atoms with Crippen molar-refractivity contribution in [3.8, 4) is 16.9 Å². The number of fused-ring (bicyclic) bond motifs is 1. The molecule has 1 atom stereocenters. The molecule has 0 aromatic heterocycles. The van der Waals surface area contributed by atoms with Gasteiger partial charge in [-0.3, -0.25) is 9.59 Å². The molecule has 0 saturated heterocycles. The average molecular weight is 487 g/mol. The summed E-state index contributed by atoms with van der Waals surface area (Å²) in [5.41, 5.74) is 4.89. The van der Waals surface area contributed by atoms with Crippen LogP contribution in [0.4, 0.5) is 16.2 Å². The molecule has 3 aromatic rings. The van der Waals surface area contributed by atoms with E-state index in [1.807, 2.05) is 68.4 Å². The van der Waals surface area contributed by atoms with Crippen molar-refractivity contribution in [3.05, 3.63) is 77.4 Å². The highest BCUT2D eigenvalue weighted by Gasteiger charge is 2.42. The van der Waals surface area contributed by atoms with E-state index in [0.717, 1.165) is 22.3 Å². The number of aryl methyl sites for hydroxylation is 2. The largest absolute Gasteiger partial charge is 0.495 e. The van der Waals surface area contributed by atoms with Crippen LogP contribution < -0.4 is 15.4 Å². The highest BCUT2D eigenvalue weighted by atomic mass is 16.5. The lowest BCUT2D eigenvalue weighted by molar-refractivity contribution is -0.139. The van der Waals surface area contributed by atoms with Crippen LogP contribution in [0.15, 0.2) is 60.7 Å². The summed E-state index contributed by atoms with van der Waals surface area (Å²) >= 11 is 0. The summed E-state index contributed by atoms with van der Waals surface area (Å²) in [5, 5.41) is 15.0. The fourth-order valence-corrected chi connectivity index (χ4v) is 4.85. The van der Waals surface area contributed by atoms with Gasteiger partial charge in [0.1, 0.15) is 5.75 Å². The van der Waals surface area contributed by atoms with Crippen LogP contribution in [0.2, 0.25) is 0 Å². The first-order valence-electron chi connectivity index (χ1n) is 12.0. The molecule has 0 fully saturated rings. The minimum atomic E-state index is -0.939. The van der Waals surface area contributed by atoms with Crippen molar-refractivity contribution in [2.45, 2.75) is 39.5 Å². The van der Waals surface area contributed by atoms with Crippen LogP contribution in [-0.4, -0.2) is 30.0 Å². The first kappa shape index (κ1) is 25.0. The van der Waals surface area contributed by atoms with Crippen LogP contribution in [0, 0.1) is 12.3 Å². The molecule has 186 valence electrons. The first-order chi connectivity index (χ1) is 17.2. The molecule has 3 N–H and O–H groups in total. The number of rotatable bonds is 7. The zero-order valence-electron chi connectivity index (χ0n) is 20.7. The standard InChI is InChI=1S/C29H30N2O5/c1-4-29(17-26(32)33)14-13-21-16-20(8-11-23(21)27(29)34)19-6-9-22(10-7-19)30-28(35)31-24-15-18(2)5-12-25(24)36-3/h5-12,15-16H,4,13-14,17H2,1-3H3,(H,32,33)(H2,30,31,35). The second-order valence-corrected chi connectivity index (χ2v) is 9.27. The Morgan fingerprint density at radius 1 is 1.00 bits per heavy atom. The van der Waals surface area contributed by atoms with Crippen LogP contribution in [0.3, 0.4) is 0 Å². The number of nitrogens with one attached hydrogen (secondary N) is 2. The SMILES string of the molecule is CCC1(CC(=O)O)CCc2cc(-c3ccc(NC(=O)Nc4cc(C)ccc4OC)cc3)ccc2C1=O. The number of hydrogen-bond acceptors (Lipinski definition) is 4. The van der Waals surface area contributed by atoms with Crippen LogP contribution in [0.25, 0.3) is 11.1 Å². The fraction of sp³-hybridized carbons (Fsp3) is 0.276. The van der Waals surface area contributed by atoms with E-state index in [9.17, 15) is 19.5 Å². The van der Waals surface area contributed by atoms with Gasteiger partial charge in [-0.25, -0.2) is 4.79 Å². The molecule has 0 heterocycles. The third-order valence-corrected chi connectivity index (χ3v) is 6.95. The Bertz CT molecular complexity index is 1320. The molecule has 1 aliphatic carbocycles. The summed E-state index contributed by atoms with van der Waals surface area (Å²) in [6.45, 7) is 3.82. The number of carbonyl (C=O) groups excluding carboxylic acids is 2. The number of Topliss-reactive ketones (excluding diaryl/α,β-unsaturated/α-hetero) is 1. The topological polar surface area (TPSA) is 105 Å². The smallest absolute Gasteiger partial charge is 0.323 e. The maximum atomic E-state index is 13.2. The predicted molar refractivity (Wildman–Crippen MR) is 140 cm³/mol. The molecule has 0 radical (unpaired) electrons. The van der Waals surface area contributed by atoms with Crippen LogP contribution in [0.1, 0.15) is 47.7 Å². The summed E-state index contributed by atoms with van der Waals surface area (Å²) < 4.78 is 5.31. The van der Waals surface area contributed by atoms with Gasteiger partial charge in [0, 0.05) is 16.7 Å². The number of aliphatic carboxylic acids is 1. The number of carbonyl (C=O) groups is 3. The van der Waals surface area contributed by atoms with Gasteiger partial charge in [-0.1, -0.05) is 43.3 Å². The zero-order chi connectivity index (χ0) is 25.9. The molecule has 0 aliphatic heterocycles. The number of amides is 2. The third-order valence-electron chi connectivity index (χ3n) is 6.95. The monoisotopic (exact) mass is 486 g/mol. The average Bonchev–Trinajstić information content (AvgIpc) is 2.86. The van der Waals surface area contributed by atoms with Gasteiger partial charge >= 0.3 is 12.0 Å². The highest BCUT2D eigenvalue weighted by molar-refractivity contribution is 6.04. The van der Waals surface area contributed by atoms with Crippen molar-refractivity contribution in [2.24, 2.45) is 5.41 Å². The second kappa shape index (κ2) is 10.2. The molecule has 0 spiro atoms. The summed E-state index contributed by atoms with van der Waals surface area (Å²) in [7, 11) is 1.55. The van der Waals surface area contributed by atoms with Crippen molar-refractivity contribution < 1.29 is 24.2 Å². The van der Waals surface area contributed by atoms with Crippen LogP contribution in [-0.2, 0) is 11.2 Å². The predicted octanol–water partition coefficient (Wildman–Crippen LogP) is 6.31. The number of urea groups is 1. The summed E-state index contributed by atoms with van der Waals surface area (Å²) in [4.78, 5) is 37.0. The van der Waals surface area contributed by atoms with E-state index in [0.29, 0.717) is 42.0 Å². The van der Waals surface area contributed by atoms with E-state index in [1.165, 1.54) is 0 Å². The molecule has 3 aromatic carbocycles. The fourth-order valence-electron chi connectivity index (χ4n) is 4.85. The maximum Gasteiger partial charge on any atom is 0.323 e. The van der Waals surface area contributed by atoms with Gasteiger partial charge < -0.3 is 20.5 Å². The molecule has 4 rings (SSSR count). The number of ketones is 1. The molecule has 1 unspecified atom stereocenters. The molecule has 7 heteroatoms. The second-order valence-electron chi connectivity index (χ2n) is 9.27. The van der Waals surface area contributed by atoms with Gasteiger partial charge in [-0.15, -0.1) is 0 Å². The van der Waals surface area contributed by atoms with Crippen molar-refractivity contribution in [2.75, 3.05) is 17.7 Å². The first-order valence-corrected chi connectivity index (χ1v) is 12.0. The van der Waals surface area contributed by atoms with Gasteiger partial charge in [0.05, 0.1) is 19.2 Å². The Hall–Kier alpha value is -4.13. The van der Waals surface area contributed by atoms with E-state index >= 15 is 0 Å². The van der Waals surface area contributed by atoms with E-state index in [-0.39, 0.29) is 18.2 Å². The van der Waals surface area contributed by atoms with Gasteiger partial charge in [-0.05, 0) is 72.7 Å². The minimum Gasteiger partial charge on any atom is -0.495 e. The molecule has 0 bridgehead atoms. The lowest BCUT2D eigenvalue weighted by atomic mass is 9.67. The summed E-state index contributed by atoms with van der Waals surface area (Å²) in [5.74, 6) is -0.433. The molecule has 7 nitrogen and oxygen atoms in total. The number of anilines is 2. The van der Waals surface area contributed by atoms with Crippen molar-refractivity contribution in [1.29, 1.82) is 0 Å². The molecule has 1 aliphatic rings. The Kier molecular flexibility index (Phi) is 7.10. The van der Waals surface area contributed by atoms with Crippen molar-refractivity contribution in [3.63, 3.8) is 0 Å². The highest BCUT2D eigenvalue weighted by Crippen LogP contribution is 2.42.